The van der Waals surface area contributed by atoms with Crippen molar-refractivity contribution in [1.82, 2.24) is 0 Å². The van der Waals surface area contributed by atoms with Gasteiger partial charge in [0.05, 0.1) is 0 Å². The first kappa shape index (κ1) is 13.4. The van der Waals surface area contributed by atoms with E-state index in [1.165, 1.54) is 6.07 Å². The van der Waals surface area contributed by atoms with E-state index in [-0.39, 0.29) is 11.7 Å². The fourth-order valence-corrected chi connectivity index (χ4v) is 1.39. The Morgan fingerprint density at radius 3 is 2.47 bits per heavy atom. The molecule has 0 saturated carbocycles. The topological polar surface area (TPSA) is 46.5 Å². The summed E-state index contributed by atoms with van der Waals surface area (Å²) in [5.41, 5.74) is 1.28. The molecular weight excluding hydrogens is 230 g/mol. The molecule has 1 aromatic rings. The molecule has 3 nitrogen and oxygen atoms in total. The standard InChI is InChI=1S/C12H14F2O3/c1-7(2)9-5-4-8(3)6-10(9)17-12(13,14)11(15)16/h4-7H,1-3H3,(H,15,16). The first-order valence-electron chi connectivity index (χ1n) is 5.15. The van der Waals surface area contributed by atoms with Gasteiger partial charge in [0, 0.05) is 0 Å². The lowest BCUT2D eigenvalue weighted by molar-refractivity contribution is -0.211. The van der Waals surface area contributed by atoms with Crippen molar-refractivity contribution in [3.63, 3.8) is 0 Å². The fraction of sp³-hybridized carbons (Fsp3) is 0.417. The molecule has 1 rings (SSSR count). The average Bonchev–Trinajstić information content (AvgIpc) is 2.15. The molecular formula is C12H14F2O3. The van der Waals surface area contributed by atoms with Gasteiger partial charge in [-0.25, -0.2) is 4.79 Å². The zero-order chi connectivity index (χ0) is 13.2. The number of hydrogen-bond donors (Lipinski definition) is 1. The molecule has 0 atom stereocenters. The molecule has 0 aliphatic rings. The van der Waals surface area contributed by atoms with Gasteiger partial charge in [-0.1, -0.05) is 26.0 Å². The maximum Gasteiger partial charge on any atom is 0.501 e. The van der Waals surface area contributed by atoms with Crippen LogP contribution in [-0.4, -0.2) is 17.2 Å². The minimum Gasteiger partial charge on any atom is -0.474 e. The Kier molecular flexibility index (Phi) is 3.70. The van der Waals surface area contributed by atoms with Crippen LogP contribution in [0.2, 0.25) is 0 Å². The highest BCUT2D eigenvalue weighted by molar-refractivity contribution is 5.74. The van der Waals surface area contributed by atoms with Gasteiger partial charge in [0.1, 0.15) is 5.75 Å². The van der Waals surface area contributed by atoms with Crippen LogP contribution in [0.5, 0.6) is 5.75 Å². The summed E-state index contributed by atoms with van der Waals surface area (Å²) >= 11 is 0. The zero-order valence-electron chi connectivity index (χ0n) is 9.83. The molecule has 1 aromatic carbocycles. The first-order valence-corrected chi connectivity index (χ1v) is 5.15. The molecule has 0 amide bonds. The Hall–Kier alpha value is -1.65. The number of halogens is 2. The summed E-state index contributed by atoms with van der Waals surface area (Å²) in [7, 11) is 0. The van der Waals surface area contributed by atoms with Crippen molar-refractivity contribution in [2.75, 3.05) is 0 Å². The quantitative estimate of drug-likeness (QED) is 0.884. The lowest BCUT2D eigenvalue weighted by Gasteiger charge is -2.18. The molecule has 0 aromatic heterocycles. The molecule has 0 heterocycles. The number of aryl methyl sites for hydroxylation is 1. The van der Waals surface area contributed by atoms with Crippen LogP contribution in [0.4, 0.5) is 8.78 Å². The number of carboxylic acids is 1. The van der Waals surface area contributed by atoms with Crippen molar-refractivity contribution in [3.05, 3.63) is 29.3 Å². The highest BCUT2D eigenvalue weighted by Crippen LogP contribution is 2.31. The SMILES string of the molecule is Cc1ccc(C(C)C)c(OC(F)(F)C(=O)O)c1. The van der Waals surface area contributed by atoms with Crippen molar-refractivity contribution in [3.8, 4) is 5.75 Å². The monoisotopic (exact) mass is 244 g/mol. The fourth-order valence-electron chi connectivity index (χ4n) is 1.39. The third-order valence-corrected chi connectivity index (χ3v) is 2.28. The number of hydrogen-bond acceptors (Lipinski definition) is 2. The maximum atomic E-state index is 13.0. The van der Waals surface area contributed by atoms with Gasteiger partial charge in [0.2, 0.25) is 0 Å². The molecule has 0 fully saturated rings. The van der Waals surface area contributed by atoms with Crippen LogP contribution >= 0.6 is 0 Å². The van der Waals surface area contributed by atoms with Crippen LogP contribution in [0, 0.1) is 6.92 Å². The van der Waals surface area contributed by atoms with Gasteiger partial charge in [-0.2, -0.15) is 8.78 Å². The van der Waals surface area contributed by atoms with Crippen LogP contribution in [0.3, 0.4) is 0 Å². The second-order valence-corrected chi connectivity index (χ2v) is 4.12. The predicted molar refractivity (Wildman–Crippen MR) is 58.5 cm³/mol. The molecule has 0 saturated heterocycles. The summed E-state index contributed by atoms with van der Waals surface area (Å²) in [6.07, 6.45) is -4.21. The van der Waals surface area contributed by atoms with E-state index in [2.05, 4.69) is 4.74 Å². The number of ether oxygens (including phenoxy) is 1. The molecule has 17 heavy (non-hydrogen) atoms. The van der Waals surface area contributed by atoms with Crippen molar-refractivity contribution in [2.45, 2.75) is 32.8 Å². The van der Waals surface area contributed by atoms with E-state index in [1.54, 1.807) is 19.1 Å². The summed E-state index contributed by atoms with van der Waals surface area (Å²) in [5.74, 6) is -2.42. The Labute approximate surface area is 98.0 Å². The van der Waals surface area contributed by atoms with Crippen molar-refractivity contribution in [2.24, 2.45) is 0 Å². The van der Waals surface area contributed by atoms with Crippen LogP contribution < -0.4 is 4.74 Å². The average molecular weight is 244 g/mol. The molecule has 94 valence electrons. The van der Waals surface area contributed by atoms with E-state index in [1.807, 2.05) is 13.8 Å². The number of carboxylic acid groups (broad SMARTS) is 1. The zero-order valence-corrected chi connectivity index (χ0v) is 9.83. The van der Waals surface area contributed by atoms with Gasteiger partial charge in [0.15, 0.2) is 0 Å². The Balaban J connectivity index is 3.12. The van der Waals surface area contributed by atoms with E-state index in [0.717, 1.165) is 5.56 Å². The normalized spacial score (nSPS) is 11.6. The highest BCUT2D eigenvalue weighted by atomic mass is 19.3. The number of carbonyl (C=O) groups is 1. The Morgan fingerprint density at radius 1 is 1.41 bits per heavy atom. The molecule has 0 spiro atoms. The second-order valence-electron chi connectivity index (χ2n) is 4.12. The molecule has 0 aliphatic carbocycles. The summed E-state index contributed by atoms with van der Waals surface area (Å²) < 4.78 is 30.3. The second kappa shape index (κ2) is 4.69. The van der Waals surface area contributed by atoms with Gasteiger partial charge in [-0.15, -0.1) is 0 Å². The molecule has 0 radical (unpaired) electrons. The van der Waals surface area contributed by atoms with Crippen molar-refractivity contribution < 1.29 is 23.4 Å². The van der Waals surface area contributed by atoms with Gasteiger partial charge >= 0.3 is 12.1 Å². The van der Waals surface area contributed by atoms with E-state index in [9.17, 15) is 13.6 Å². The first-order chi connectivity index (χ1) is 7.74. The molecule has 5 heteroatoms. The Bertz CT molecular complexity index is 428. The highest BCUT2D eigenvalue weighted by Gasteiger charge is 2.43. The number of benzene rings is 1. The number of alkyl halides is 2. The van der Waals surface area contributed by atoms with Gasteiger partial charge < -0.3 is 9.84 Å². The molecule has 0 bridgehead atoms. The van der Waals surface area contributed by atoms with E-state index in [4.69, 9.17) is 5.11 Å². The Morgan fingerprint density at radius 2 is 2.00 bits per heavy atom. The summed E-state index contributed by atoms with van der Waals surface area (Å²) in [6.45, 7) is 5.35. The number of aliphatic carboxylic acids is 1. The van der Waals surface area contributed by atoms with E-state index >= 15 is 0 Å². The van der Waals surface area contributed by atoms with Crippen LogP contribution in [-0.2, 0) is 4.79 Å². The molecule has 1 N–H and O–H groups in total. The van der Waals surface area contributed by atoms with Gasteiger partial charge in [-0.05, 0) is 30.0 Å². The summed E-state index contributed by atoms with van der Waals surface area (Å²) in [5, 5.41) is 8.33. The van der Waals surface area contributed by atoms with Gasteiger partial charge in [-0.3, -0.25) is 0 Å². The number of rotatable bonds is 4. The van der Waals surface area contributed by atoms with Crippen LogP contribution in [0.25, 0.3) is 0 Å². The minimum atomic E-state index is -4.21. The van der Waals surface area contributed by atoms with Crippen LogP contribution in [0.1, 0.15) is 30.9 Å². The molecule has 0 unspecified atom stereocenters. The maximum absolute atomic E-state index is 13.0. The third kappa shape index (κ3) is 3.15. The minimum absolute atomic E-state index is 0.0322. The molecule has 0 aliphatic heterocycles. The van der Waals surface area contributed by atoms with Crippen LogP contribution in [0.15, 0.2) is 18.2 Å². The van der Waals surface area contributed by atoms with Gasteiger partial charge in [0.25, 0.3) is 0 Å². The predicted octanol–water partition coefficient (Wildman–Crippen LogP) is 3.17. The van der Waals surface area contributed by atoms with Crippen molar-refractivity contribution in [1.29, 1.82) is 0 Å². The third-order valence-electron chi connectivity index (χ3n) is 2.28. The van der Waals surface area contributed by atoms with E-state index in [0.29, 0.717) is 5.56 Å². The lowest BCUT2D eigenvalue weighted by Crippen LogP contribution is -2.35. The smallest absolute Gasteiger partial charge is 0.474 e. The van der Waals surface area contributed by atoms with E-state index < -0.39 is 12.1 Å². The summed E-state index contributed by atoms with van der Waals surface area (Å²) in [6, 6.07) is 4.83. The largest absolute Gasteiger partial charge is 0.501 e. The van der Waals surface area contributed by atoms with Crippen molar-refractivity contribution >= 4 is 5.97 Å². The summed E-state index contributed by atoms with van der Waals surface area (Å²) in [4.78, 5) is 10.3. The lowest BCUT2D eigenvalue weighted by atomic mass is 10.0.